The Hall–Kier alpha value is -1.54. The Balaban J connectivity index is 2.60. The number of hydrogen-bond acceptors (Lipinski definition) is 2. The molecule has 0 amide bonds. The first-order valence-electron chi connectivity index (χ1n) is 4.74. The van der Waals surface area contributed by atoms with Crippen molar-refractivity contribution in [1.29, 1.82) is 0 Å². The number of benzene rings is 2. The fraction of sp³-hybridized carbons (Fsp3) is 0. The van der Waals surface area contributed by atoms with E-state index in [-0.39, 0.29) is 5.78 Å². The third kappa shape index (κ3) is 1.15. The molecule has 2 aromatic carbocycles. The summed E-state index contributed by atoms with van der Waals surface area (Å²) in [4.78, 5) is 12.5. The zero-order valence-electron chi connectivity index (χ0n) is 7.90. The normalized spacial score (nSPS) is 13.5. The molecule has 0 N–H and O–H groups in total. The number of carbonyl (C=O) groups is 1. The molecule has 15 heavy (non-hydrogen) atoms. The van der Waals surface area contributed by atoms with Crippen LogP contribution in [0.15, 0.2) is 41.3 Å². The highest BCUT2D eigenvalue weighted by molar-refractivity contribution is 7.80. The molecular weight excluding hydrogens is 204 g/mol. The standard InChI is InChI=1S/C13H8OS/c14-10-6-4-8-2-1-3-9-5-7-11(15)13(10)12(8)9/h1-7,15H. The molecule has 0 aliphatic heterocycles. The Morgan fingerprint density at radius 2 is 1.87 bits per heavy atom. The van der Waals surface area contributed by atoms with Crippen molar-refractivity contribution >= 4 is 35.3 Å². The van der Waals surface area contributed by atoms with Crippen LogP contribution in [0.25, 0.3) is 16.8 Å². The van der Waals surface area contributed by atoms with E-state index in [1.165, 1.54) is 0 Å². The summed E-state index contributed by atoms with van der Waals surface area (Å²) in [7, 11) is 0. The lowest BCUT2D eigenvalue weighted by atomic mass is 9.92. The van der Waals surface area contributed by atoms with Gasteiger partial charge < -0.3 is 0 Å². The average Bonchev–Trinajstić information content (AvgIpc) is 2.25. The van der Waals surface area contributed by atoms with E-state index in [4.69, 9.17) is 0 Å². The molecule has 0 aromatic heterocycles. The molecule has 1 nitrogen and oxygen atoms in total. The summed E-state index contributed by atoms with van der Waals surface area (Å²) in [6.07, 6.45) is 3.47. The molecule has 0 radical (unpaired) electrons. The number of hydrogen-bond donors (Lipinski definition) is 1. The second-order valence-electron chi connectivity index (χ2n) is 3.60. The van der Waals surface area contributed by atoms with Gasteiger partial charge in [0.2, 0.25) is 0 Å². The Morgan fingerprint density at radius 1 is 1.00 bits per heavy atom. The number of thiol groups is 1. The van der Waals surface area contributed by atoms with Crippen LogP contribution in [0.4, 0.5) is 0 Å². The number of rotatable bonds is 0. The smallest absolute Gasteiger partial charge is 0.187 e. The van der Waals surface area contributed by atoms with Gasteiger partial charge in [0, 0.05) is 15.8 Å². The lowest BCUT2D eigenvalue weighted by Crippen LogP contribution is -2.02. The van der Waals surface area contributed by atoms with Crippen LogP contribution >= 0.6 is 12.6 Å². The van der Waals surface area contributed by atoms with E-state index < -0.39 is 0 Å². The van der Waals surface area contributed by atoms with Crippen molar-refractivity contribution in [3.63, 3.8) is 0 Å². The van der Waals surface area contributed by atoms with E-state index in [2.05, 4.69) is 12.6 Å². The third-order valence-electron chi connectivity index (χ3n) is 2.72. The minimum Gasteiger partial charge on any atom is -0.289 e. The summed E-state index contributed by atoms with van der Waals surface area (Å²) in [5.41, 5.74) is 1.83. The van der Waals surface area contributed by atoms with E-state index in [0.29, 0.717) is 0 Å². The van der Waals surface area contributed by atoms with Gasteiger partial charge in [-0.3, -0.25) is 4.79 Å². The van der Waals surface area contributed by atoms with Gasteiger partial charge in [-0.1, -0.05) is 30.3 Å². The predicted octanol–water partition coefficient (Wildman–Crippen LogP) is 3.34. The van der Waals surface area contributed by atoms with Gasteiger partial charge in [-0.15, -0.1) is 12.6 Å². The monoisotopic (exact) mass is 212 g/mol. The minimum absolute atomic E-state index is 0.0456. The van der Waals surface area contributed by atoms with Gasteiger partial charge >= 0.3 is 0 Å². The molecule has 0 unspecified atom stereocenters. The van der Waals surface area contributed by atoms with Crippen LogP contribution in [0, 0.1) is 0 Å². The fourth-order valence-corrected chi connectivity index (χ4v) is 2.33. The van der Waals surface area contributed by atoms with E-state index in [1.54, 1.807) is 6.08 Å². The van der Waals surface area contributed by atoms with Gasteiger partial charge in [-0.2, -0.15) is 0 Å². The molecule has 2 aromatic rings. The average molecular weight is 212 g/mol. The molecule has 0 spiro atoms. The molecule has 0 saturated carbocycles. The van der Waals surface area contributed by atoms with Gasteiger partial charge in [-0.05, 0) is 23.1 Å². The molecule has 1 aliphatic rings. The highest BCUT2D eigenvalue weighted by atomic mass is 32.1. The number of ketones is 1. The van der Waals surface area contributed by atoms with Crippen molar-refractivity contribution in [1.82, 2.24) is 0 Å². The van der Waals surface area contributed by atoms with Crippen LogP contribution in [0.1, 0.15) is 15.9 Å². The molecule has 0 atom stereocenters. The lowest BCUT2D eigenvalue weighted by Gasteiger charge is -2.13. The number of allylic oxidation sites excluding steroid dienone is 1. The van der Waals surface area contributed by atoms with Crippen LogP contribution in [-0.4, -0.2) is 5.78 Å². The number of carbonyl (C=O) groups excluding carboxylic acids is 1. The van der Waals surface area contributed by atoms with Gasteiger partial charge in [0.15, 0.2) is 5.78 Å². The molecule has 0 fully saturated rings. The summed E-state index contributed by atoms with van der Waals surface area (Å²) in [6, 6.07) is 9.91. The van der Waals surface area contributed by atoms with E-state index in [1.807, 2.05) is 36.4 Å². The second-order valence-corrected chi connectivity index (χ2v) is 4.08. The first kappa shape index (κ1) is 8.74. The van der Waals surface area contributed by atoms with E-state index in [9.17, 15) is 4.79 Å². The van der Waals surface area contributed by atoms with Crippen molar-refractivity contribution in [3.05, 3.63) is 47.5 Å². The fourth-order valence-electron chi connectivity index (χ4n) is 2.03. The maximum absolute atomic E-state index is 11.8. The van der Waals surface area contributed by atoms with Gasteiger partial charge in [-0.25, -0.2) is 0 Å². The quantitative estimate of drug-likeness (QED) is 0.663. The second kappa shape index (κ2) is 2.97. The van der Waals surface area contributed by atoms with Crippen LogP contribution in [0.3, 0.4) is 0 Å². The highest BCUT2D eigenvalue weighted by Gasteiger charge is 2.16. The van der Waals surface area contributed by atoms with E-state index in [0.717, 1.165) is 26.8 Å². The Kier molecular flexibility index (Phi) is 1.73. The Morgan fingerprint density at radius 3 is 2.73 bits per heavy atom. The maximum Gasteiger partial charge on any atom is 0.187 e. The molecule has 1 aliphatic carbocycles. The minimum atomic E-state index is 0.0456. The molecule has 0 heterocycles. The van der Waals surface area contributed by atoms with Crippen molar-refractivity contribution in [2.45, 2.75) is 4.90 Å². The SMILES string of the molecule is O=C1C=Cc2cccc3ccc(S)c1c23. The summed E-state index contributed by atoms with van der Waals surface area (Å²) in [5, 5.41) is 2.12. The summed E-state index contributed by atoms with van der Waals surface area (Å²) >= 11 is 4.34. The van der Waals surface area contributed by atoms with Crippen LogP contribution < -0.4 is 0 Å². The van der Waals surface area contributed by atoms with Crippen LogP contribution in [0.5, 0.6) is 0 Å². The van der Waals surface area contributed by atoms with E-state index >= 15 is 0 Å². The molecule has 3 rings (SSSR count). The van der Waals surface area contributed by atoms with Crippen LogP contribution in [-0.2, 0) is 0 Å². The van der Waals surface area contributed by atoms with Gasteiger partial charge in [0.1, 0.15) is 0 Å². The lowest BCUT2D eigenvalue weighted by molar-refractivity contribution is 0.104. The summed E-state index contributed by atoms with van der Waals surface area (Å²) in [6.45, 7) is 0. The molecule has 2 heteroatoms. The van der Waals surface area contributed by atoms with Gasteiger partial charge in [0.05, 0.1) is 0 Å². The summed E-state index contributed by atoms with van der Waals surface area (Å²) < 4.78 is 0. The van der Waals surface area contributed by atoms with Crippen LogP contribution in [0.2, 0.25) is 0 Å². The largest absolute Gasteiger partial charge is 0.289 e. The maximum atomic E-state index is 11.8. The first-order chi connectivity index (χ1) is 7.27. The summed E-state index contributed by atoms with van der Waals surface area (Å²) in [5.74, 6) is 0.0456. The Bertz CT molecular complexity index is 611. The zero-order valence-corrected chi connectivity index (χ0v) is 8.79. The first-order valence-corrected chi connectivity index (χ1v) is 5.19. The topological polar surface area (TPSA) is 17.1 Å². The molecule has 0 bridgehead atoms. The Labute approximate surface area is 92.8 Å². The zero-order chi connectivity index (χ0) is 10.4. The third-order valence-corrected chi connectivity index (χ3v) is 3.09. The molecule has 72 valence electrons. The van der Waals surface area contributed by atoms with Crippen molar-refractivity contribution in [2.24, 2.45) is 0 Å². The van der Waals surface area contributed by atoms with Crippen molar-refractivity contribution in [3.8, 4) is 0 Å². The molecular formula is C13H8OS. The van der Waals surface area contributed by atoms with Crippen molar-refractivity contribution in [2.75, 3.05) is 0 Å². The van der Waals surface area contributed by atoms with Gasteiger partial charge in [0.25, 0.3) is 0 Å². The van der Waals surface area contributed by atoms with Crippen molar-refractivity contribution < 1.29 is 4.79 Å². The molecule has 0 saturated heterocycles. The predicted molar refractivity (Wildman–Crippen MR) is 64.6 cm³/mol. The highest BCUT2D eigenvalue weighted by Crippen LogP contribution is 2.32.